The smallest absolute Gasteiger partial charge is 0.512 e. The van der Waals surface area contributed by atoms with E-state index in [0.29, 0.717) is 18.8 Å². The Bertz CT molecular complexity index is 536. The minimum absolute atomic E-state index is 0.258. The normalized spacial score (nSPS) is 16.0. The van der Waals surface area contributed by atoms with Crippen molar-refractivity contribution in [1.82, 2.24) is 9.80 Å². The van der Waals surface area contributed by atoms with Crippen molar-refractivity contribution in [3.63, 3.8) is 0 Å². The van der Waals surface area contributed by atoms with E-state index >= 15 is 0 Å². The summed E-state index contributed by atoms with van der Waals surface area (Å²) in [6.45, 7) is 9.22. The first-order chi connectivity index (χ1) is 11.2. The van der Waals surface area contributed by atoms with E-state index in [-0.39, 0.29) is 6.09 Å². The van der Waals surface area contributed by atoms with Crippen molar-refractivity contribution in [2.75, 3.05) is 26.2 Å². The third-order valence-electron chi connectivity index (χ3n) is 3.60. The lowest BCUT2D eigenvalue weighted by molar-refractivity contribution is 0.0139. The second-order valence-electron chi connectivity index (χ2n) is 6.83. The fourth-order valence-corrected chi connectivity index (χ4v) is 2.47. The standard InChI is InChI=1S/C16H25BN2O5/c1-16(2,3)23-15(20)19-10-8-18(9-11-19)12-13-4-6-14(7-5-13)24-17(21)22/h4-7,21-22H,8-12H2,1-3H3. The lowest BCUT2D eigenvalue weighted by Gasteiger charge is -2.35. The largest absolute Gasteiger partial charge is 0.707 e. The third kappa shape index (κ3) is 6.03. The maximum atomic E-state index is 12.0. The molecule has 1 fully saturated rings. The summed E-state index contributed by atoms with van der Waals surface area (Å²) in [5.74, 6) is 0.406. The zero-order valence-electron chi connectivity index (χ0n) is 14.4. The highest BCUT2D eigenvalue weighted by Crippen LogP contribution is 2.16. The number of ether oxygens (including phenoxy) is 1. The molecule has 1 amide bonds. The minimum atomic E-state index is -1.81. The van der Waals surface area contributed by atoms with Crippen molar-refractivity contribution >= 4 is 13.4 Å². The summed E-state index contributed by atoms with van der Waals surface area (Å²) in [5, 5.41) is 17.5. The minimum Gasteiger partial charge on any atom is -0.512 e. The molecule has 0 unspecified atom stereocenters. The first kappa shape index (κ1) is 18.6. The highest BCUT2D eigenvalue weighted by Gasteiger charge is 2.25. The number of carbonyl (C=O) groups is 1. The SMILES string of the molecule is CC(C)(C)OC(=O)N1CCN(Cc2ccc(OB(O)O)cc2)CC1. The molecule has 0 radical (unpaired) electrons. The Morgan fingerprint density at radius 3 is 2.21 bits per heavy atom. The van der Waals surface area contributed by atoms with Gasteiger partial charge < -0.3 is 24.3 Å². The van der Waals surface area contributed by atoms with Gasteiger partial charge in [-0.05, 0) is 38.5 Å². The molecule has 0 saturated carbocycles. The van der Waals surface area contributed by atoms with Crippen LogP contribution in [0.5, 0.6) is 5.75 Å². The number of amides is 1. The fraction of sp³-hybridized carbons (Fsp3) is 0.562. The molecular formula is C16H25BN2O5. The highest BCUT2D eigenvalue weighted by atomic mass is 16.6. The van der Waals surface area contributed by atoms with Crippen molar-refractivity contribution in [2.45, 2.75) is 32.9 Å². The number of hydrogen-bond acceptors (Lipinski definition) is 6. The van der Waals surface area contributed by atoms with Gasteiger partial charge in [0, 0.05) is 32.7 Å². The van der Waals surface area contributed by atoms with E-state index in [1.165, 1.54) is 0 Å². The van der Waals surface area contributed by atoms with Crippen LogP contribution in [0.15, 0.2) is 24.3 Å². The van der Waals surface area contributed by atoms with Crippen LogP contribution in [0.4, 0.5) is 4.79 Å². The first-order valence-electron chi connectivity index (χ1n) is 8.05. The molecule has 0 atom stereocenters. The van der Waals surface area contributed by atoms with Gasteiger partial charge in [0.1, 0.15) is 11.4 Å². The van der Waals surface area contributed by atoms with Gasteiger partial charge in [-0.1, -0.05) is 12.1 Å². The van der Waals surface area contributed by atoms with Crippen LogP contribution < -0.4 is 4.65 Å². The summed E-state index contributed by atoms with van der Waals surface area (Å²) in [6, 6.07) is 7.17. The number of benzene rings is 1. The average molecular weight is 336 g/mol. The quantitative estimate of drug-likeness (QED) is 0.801. The maximum Gasteiger partial charge on any atom is 0.707 e. The predicted octanol–water partition coefficient (Wildman–Crippen LogP) is 1.09. The van der Waals surface area contributed by atoms with Gasteiger partial charge in [-0.2, -0.15) is 0 Å². The molecule has 2 N–H and O–H groups in total. The van der Waals surface area contributed by atoms with E-state index in [2.05, 4.69) is 4.90 Å². The van der Waals surface area contributed by atoms with Crippen molar-refractivity contribution in [3.05, 3.63) is 29.8 Å². The van der Waals surface area contributed by atoms with Gasteiger partial charge in [-0.25, -0.2) is 4.79 Å². The van der Waals surface area contributed by atoms with Crippen molar-refractivity contribution in [1.29, 1.82) is 0 Å². The van der Waals surface area contributed by atoms with Crippen LogP contribution in [0.25, 0.3) is 0 Å². The summed E-state index contributed by atoms with van der Waals surface area (Å²) in [6.07, 6.45) is -0.258. The zero-order valence-corrected chi connectivity index (χ0v) is 14.4. The molecule has 24 heavy (non-hydrogen) atoms. The maximum absolute atomic E-state index is 12.0. The molecule has 0 aromatic heterocycles. The number of rotatable bonds is 4. The van der Waals surface area contributed by atoms with Gasteiger partial charge in [0.25, 0.3) is 0 Å². The highest BCUT2D eigenvalue weighted by molar-refractivity contribution is 6.33. The van der Waals surface area contributed by atoms with Gasteiger partial charge in [-0.15, -0.1) is 0 Å². The zero-order chi connectivity index (χ0) is 17.7. The van der Waals surface area contributed by atoms with Crippen molar-refractivity contribution < 1.29 is 24.2 Å². The summed E-state index contributed by atoms with van der Waals surface area (Å²) >= 11 is 0. The van der Waals surface area contributed by atoms with Crippen molar-refractivity contribution in [3.8, 4) is 5.75 Å². The van der Waals surface area contributed by atoms with Gasteiger partial charge >= 0.3 is 13.4 Å². The summed E-state index contributed by atoms with van der Waals surface area (Å²) < 4.78 is 10.2. The lowest BCUT2D eigenvalue weighted by Crippen LogP contribution is -2.49. The molecule has 0 spiro atoms. The molecule has 0 aliphatic carbocycles. The number of nitrogens with zero attached hydrogens (tertiary/aromatic N) is 2. The molecule has 1 aromatic rings. The molecule has 1 aliphatic rings. The Morgan fingerprint density at radius 2 is 1.71 bits per heavy atom. The molecule has 1 aliphatic heterocycles. The van der Waals surface area contributed by atoms with Crippen LogP contribution >= 0.6 is 0 Å². The third-order valence-corrected chi connectivity index (χ3v) is 3.60. The topological polar surface area (TPSA) is 82.5 Å². The van der Waals surface area contributed by atoms with Crippen molar-refractivity contribution in [2.24, 2.45) is 0 Å². The van der Waals surface area contributed by atoms with Crippen LogP contribution in [-0.2, 0) is 11.3 Å². The van der Waals surface area contributed by atoms with E-state index in [1.54, 1.807) is 17.0 Å². The fourth-order valence-electron chi connectivity index (χ4n) is 2.47. The Balaban J connectivity index is 1.79. The predicted molar refractivity (Wildman–Crippen MR) is 90.3 cm³/mol. The monoisotopic (exact) mass is 336 g/mol. The molecule has 1 saturated heterocycles. The molecule has 132 valence electrons. The first-order valence-corrected chi connectivity index (χ1v) is 8.05. The molecule has 1 aromatic carbocycles. The van der Waals surface area contributed by atoms with Gasteiger partial charge in [0.15, 0.2) is 0 Å². The molecular weight excluding hydrogens is 311 g/mol. The Kier molecular flexibility index (Phi) is 6.09. The molecule has 2 rings (SSSR count). The summed E-state index contributed by atoms with van der Waals surface area (Å²) in [7, 11) is -1.81. The van der Waals surface area contributed by atoms with Crippen LogP contribution in [-0.4, -0.2) is 65.0 Å². The lowest BCUT2D eigenvalue weighted by atomic mass is 10.1. The van der Waals surface area contributed by atoms with E-state index in [9.17, 15) is 4.79 Å². The average Bonchev–Trinajstić information content (AvgIpc) is 2.48. The van der Waals surface area contributed by atoms with Gasteiger partial charge in [0.05, 0.1) is 0 Å². The van der Waals surface area contributed by atoms with E-state index in [1.807, 2.05) is 32.9 Å². The van der Waals surface area contributed by atoms with Gasteiger partial charge in [-0.3, -0.25) is 4.90 Å². The van der Waals surface area contributed by atoms with Crippen LogP contribution in [0.3, 0.4) is 0 Å². The number of carbonyl (C=O) groups excluding carboxylic acids is 1. The van der Waals surface area contributed by atoms with Gasteiger partial charge in [0.2, 0.25) is 0 Å². The Labute approximate surface area is 142 Å². The summed E-state index contributed by atoms with van der Waals surface area (Å²) in [4.78, 5) is 16.0. The second kappa shape index (κ2) is 7.87. The van der Waals surface area contributed by atoms with Crippen LogP contribution in [0.2, 0.25) is 0 Å². The Morgan fingerprint density at radius 1 is 1.12 bits per heavy atom. The molecule has 1 heterocycles. The molecule has 8 heteroatoms. The van der Waals surface area contributed by atoms with E-state index in [4.69, 9.17) is 19.4 Å². The molecule has 7 nitrogen and oxygen atoms in total. The van der Waals surface area contributed by atoms with Crippen LogP contribution in [0, 0.1) is 0 Å². The second-order valence-corrected chi connectivity index (χ2v) is 6.83. The molecule has 0 bridgehead atoms. The van der Waals surface area contributed by atoms with E-state index < -0.39 is 12.9 Å². The van der Waals surface area contributed by atoms with E-state index in [0.717, 1.165) is 25.2 Å². The van der Waals surface area contributed by atoms with Crippen LogP contribution in [0.1, 0.15) is 26.3 Å². The summed E-state index contributed by atoms with van der Waals surface area (Å²) in [5.41, 5.74) is 0.626. The Hall–Kier alpha value is -1.77. The number of hydrogen-bond donors (Lipinski definition) is 2. The number of piperazine rings is 1.